The molecule has 4 heteroatoms. The minimum absolute atomic E-state index is 0.0539. The minimum Gasteiger partial charge on any atom is -0.395 e. The molecular weight excluding hydrogens is 228 g/mol. The van der Waals surface area contributed by atoms with Gasteiger partial charge in [0.15, 0.2) is 0 Å². The highest BCUT2D eigenvalue weighted by molar-refractivity contribution is 5.79. The van der Waals surface area contributed by atoms with Crippen molar-refractivity contribution in [2.24, 2.45) is 11.7 Å². The van der Waals surface area contributed by atoms with Crippen LogP contribution in [0.1, 0.15) is 51.9 Å². The molecule has 18 heavy (non-hydrogen) atoms. The van der Waals surface area contributed by atoms with Gasteiger partial charge in [0, 0.05) is 25.0 Å². The highest BCUT2D eigenvalue weighted by Gasteiger charge is 2.30. The zero-order chi connectivity index (χ0) is 13.4. The fraction of sp³-hybridized carbons (Fsp3) is 0.929. The number of nitrogens with zero attached hydrogens (tertiary/aromatic N) is 1. The van der Waals surface area contributed by atoms with E-state index in [1.54, 1.807) is 0 Å². The zero-order valence-corrected chi connectivity index (χ0v) is 11.6. The highest BCUT2D eigenvalue weighted by Crippen LogP contribution is 2.26. The van der Waals surface area contributed by atoms with Crippen LogP contribution in [0.4, 0.5) is 0 Å². The Labute approximate surface area is 111 Å². The lowest BCUT2D eigenvalue weighted by Crippen LogP contribution is -2.38. The predicted molar refractivity (Wildman–Crippen MR) is 73.1 cm³/mol. The van der Waals surface area contributed by atoms with Gasteiger partial charge in [0.25, 0.3) is 0 Å². The van der Waals surface area contributed by atoms with Crippen LogP contribution in [-0.4, -0.2) is 41.7 Å². The van der Waals surface area contributed by atoms with E-state index in [9.17, 15) is 4.79 Å². The fourth-order valence-electron chi connectivity index (χ4n) is 2.68. The van der Waals surface area contributed by atoms with E-state index in [2.05, 4.69) is 6.92 Å². The van der Waals surface area contributed by atoms with Crippen LogP contribution in [0, 0.1) is 5.92 Å². The quantitative estimate of drug-likeness (QED) is 0.647. The second-order valence-electron chi connectivity index (χ2n) is 5.38. The lowest BCUT2D eigenvalue weighted by Gasteiger charge is -2.25. The number of hydrogen-bond acceptors (Lipinski definition) is 3. The van der Waals surface area contributed by atoms with E-state index < -0.39 is 0 Å². The van der Waals surface area contributed by atoms with Crippen LogP contribution in [0.25, 0.3) is 0 Å². The number of aliphatic hydroxyl groups is 1. The number of hydrogen-bond donors (Lipinski definition) is 2. The average molecular weight is 256 g/mol. The first-order valence-corrected chi connectivity index (χ1v) is 7.34. The van der Waals surface area contributed by atoms with Crippen LogP contribution in [-0.2, 0) is 4.79 Å². The summed E-state index contributed by atoms with van der Waals surface area (Å²) in [5.74, 6) is 0.297. The Hall–Kier alpha value is -0.610. The topological polar surface area (TPSA) is 66.6 Å². The molecule has 1 aliphatic rings. The van der Waals surface area contributed by atoms with Gasteiger partial charge < -0.3 is 15.7 Å². The van der Waals surface area contributed by atoms with Crippen molar-refractivity contribution in [2.75, 3.05) is 19.7 Å². The first kappa shape index (κ1) is 15.4. The van der Waals surface area contributed by atoms with E-state index in [1.165, 1.54) is 12.8 Å². The van der Waals surface area contributed by atoms with Gasteiger partial charge in [-0.3, -0.25) is 4.79 Å². The van der Waals surface area contributed by atoms with Crippen LogP contribution >= 0.6 is 0 Å². The van der Waals surface area contributed by atoms with Crippen LogP contribution in [0.2, 0.25) is 0 Å². The van der Waals surface area contributed by atoms with Gasteiger partial charge in [-0.2, -0.15) is 0 Å². The molecule has 0 saturated heterocycles. The van der Waals surface area contributed by atoms with Crippen LogP contribution in [0.15, 0.2) is 0 Å². The SMILES string of the molecule is CCCCCCN(CCO)C(=O)C1CCC(N)C1. The first-order chi connectivity index (χ1) is 8.69. The lowest BCUT2D eigenvalue weighted by atomic mass is 10.1. The summed E-state index contributed by atoms with van der Waals surface area (Å²) in [5, 5.41) is 9.06. The Bertz CT molecular complexity index is 246. The normalized spacial score (nSPS) is 23.3. The maximum atomic E-state index is 12.3. The molecule has 106 valence electrons. The van der Waals surface area contributed by atoms with Gasteiger partial charge in [0.05, 0.1) is 6.61 Å². The Morgan fingerprint density at radius 2 is 2.06 bits per heavy atom. The number of aliphatic hydroxyl groups excluding tert-OH is 1. The Morgan fingerprint density at radius 1 is 1.28 bits per heavy atom. The summed E-state index contributed by atoms with van der Waals surface area (Å²) in [7, 11) is 0. The third kappa shape index (κ3) is 4.94. The second-order valence-corrected chi connectivity index (χ2v) is 5.38. The Balaban J connectivity index is 2.37. The molecule has 1 aliphatic carbocycles. The van der Waals surface area contributed by atoms with Crippen molar-refractivity contribution < 1.29 is 9.90 Å². The van der Waals surface area contributed by atoms with E-state index in [0.717, 1.165) is 38.6 Å². The number of rotatable bonds is 8. The minimum atomic E-state index is 0.0539. The van der Waals surface area contributed by atoms with Gasteiger partial charge in [-0.1, -0.05) is 26.2 Å². The van der Waals surface area contributed by atoms with Crippen LogP contribution in [0.3, 0.4) is 0 Å². The molecule has 1 amide bonds. The summed E-state index contributed by atoms with van der Waals surface area (Å²) in [4.78, 5) is 14.1. The van der Waals surface area contributed by atoms with Crippen LogP contribution in [0.5, 0.6) is 0 Å². The maximum absolute atomic E-state index is 12.3. The van der Waals surface area contributed by atoms with Gasteiger partial charge in [-0.05, 0) is 25.7 Å². The molecular formula is C14H28N2O2. The molecule has 0 aromatic rings. The summed E-state index contributed by atoms with van der Waals surface area (Å²) in [5.41, 5.74) is 5.86. The van der Waals surface area contributed by atoms with Gasteiger partial charge in [0.1, 0.15) is 0 Å². The molecule has 0 heterocycles. The highest BCUT2D eigenvalue weighted by atomic mass is 16.3. The van der Waals surface area contributed by atoms with Crippen molar-refractivity contribution in [1.29, 1.82) is 0 Å². The molecule has 0 bridgehead atoms. The average Bonchev–Trinajstić information content (AvgIpc) is 2.79. The first-order valence-electron chi connectivity index (χ1n) is 7.34. The summed E-state index contributed by atoms with van der Waals surface area (Å²) in [6.45, 7) is 3.48. The molecule has 2 unspecified atom stereocenters. The number of amides is 1. The van der Waals surface area contributed by atoms with Gasteiger partial charge >= 0.3 is 0 Å². The van der Waals surface area contributed by atoms with Gasteiger partial charge in [0.2, 0.25) is 5.91 Å². The molecule has 1 fully saturated rings. The lowest BCUT2D eigenvalue weighted by molar-refractivity contribution is -0.136. The number of carbonyl (C=O) groups excluding carboxylic acids is 1. The van der Waals surface area contributed by atoms with Crippen molar-refractivity contribution in [3.05, 3.63) is 0 Å². The van der Waals surface area contributed by atoms with Gasteiger partial charge in [-0.15, -0.1) is 0 Å². The summed E-state index contributed by atoms with van der Waals surface area (Å²) in [6, 6.07) is 0.190. The molecule has 4 nitrogen and oxygen atoms in total. The van der Waals surface area contributed by atoms with Crippen molar-refractivity contribution in [3.63, 3.8) is 0 Å². The fourth-order valence-corrected chi connectivity index (χ4v) is 2.68. The molecule has 2 atom stereocenters. The summed E-state index contributed by atoms with van der Waals surface area (Å²) >= 11 is 0. The second kappa shape index (κ2) is 8.48. The predicted octanol–water partition coefficient (Wildman–Crippen LogP) is 1.51. The van der Waals surface area contributed by atoms with Crippen LogP contribution < -0.4 is 5.73 Å². The molecule has 1 rings (SSSR count). The number of unbranched alkanes of at least 4 members (excludes halogenated alkanes) is 3. The third-order valence-electron chi connectivity index (χ3n) is 3.79. The third-order valence-corrected chi connectivity index (χ3v) is 3.79. The van der Waals surface area contributed by atoms with Crippen molar-refractivity contribution in [1.82, 2.24) is 4.90 Å². The number of nitrogens with two attached hydrogens (primary N) is 1. The zero-order valence-electron chi connectivity index (χ0n) is 11.6. The number of carbonyl (C=O) groups is 1. The molecule has 0 aromatic carbocycles. The molecule has 0 aliphatic heterocycles. The van der Waals surface area contributed by atoms with E-state index in [0.29, 0.717) is 6.54 Å². The Morgan fingerprint density at radius 3 is 2.61 bits per heavy atom. The van der Waals surface area contributed by atoms with Crippen molar-refractivity contribution >= 4 is 5.91 Å². The van der Waals surface area contributed by atoms with E-state index in [1.807, 2.05) is 4.90 Å². The standard InChI is InChI=1S/C14H28N2O2/c1-2-3-4-5-8-16(9-10-17)14(18)12-6-7-13(15)11-12/h12-13,17H,2-11,15H2,1H3. The molecule has 1 saturated carbocycles. The van der Waals surface area contributed by atoms with Gasteiger partial charge in [-0.25, -0.2) is 0 Å². The van der Waals surface area contributed by atoms with Crippen molar-refractivity contribution in [2.45, 2.75) is 57.9 Å². The molecule has 0 aromatic heterocycles. The monoisotopic (exact) mass is 256 g/mol. The smallest absolute Gasteiger partial charge is 0.225 e. The van der Waals surface area contributed by atoms with E-state index in [4.69, 9.17) is 10.8 Å². The van der Waals surface area contributed by atoms with Crippen molar-refractivity contribution in [3.8, 4) is 0 Å². The molecule has 3 N–H and O–H groups in total. The molecule has 0 spiro atoms. The van der Waals surface area contributed by atoms with E-state index in [-0.39, 0.29) is 24.5 Å². The van der Waals surface area contributed by atoms with E-state index >= 15 is 0 Å². The largest absolute Gasteiger partial charge is 0.395 e. The summed E-state index contributed by atoms with van der Waals surface area (Å²) < 4.78 is 0. The summed E-state index contributed by atoms with van der Waals surface area (Å²) in [6.07, 6.45) is 7.31. The Kier molecular flexibility index (Phi) is 7.28. The molecule has 0 radical (unpaired) electrons. The maximum Gasteiger partial charge on any atom is 0.225 e.